The summed E-state index contributed by atoms with van der Waals surface area (Å²) in [5.74, 6) is -0.771. The van der Waals surface area contributed by atoms with E-state index in [1.54, 1.807) is 4.90 Å². The predicted octanol–water partition coefficient (Wildman–Crippen LogP) is 3.19. The molecule has 0 atom stereocenters. The minimum atomic E-state index is -1.04. The lowest BCUT2D eigenvalue weighted by molar-refractivity contribution is 0.0696. The molecule has 6 nitrogen and oxygen atoms in total. The molecular weight excluding hydrogens is 330 g/mol. The first-order valence-corrected chi connectivity index (χ1v) is 8.87. The van der Waals surface area contributed by atoms with E-state index >= 15 is 0 Å². The smallest absolute Gasteiger partial charge is 0.335 e. The van der Waals surface area contributed by atoms with Crippen molar-refractivity contribution < 1.29 is 14.7 Å². The third kappa shape index (κ3) is 3.14. The number of piperidine rings is 1. The van der Waals surface area contributed by atoms with Crippen LogP contribution in [0.15, 0.2) is 42.6 Å². The first-order valence-electron chi connectivity index (χ1n) is 8.87. The third-order valence-corrected chi connectivity index (χ3v) is 5.60. The third-order valence-electron chi connectivity index (χ3n) is 5.60. The van der Waals surface area contributed by atoms with Crippen molar-refractivity contribution in [2.75, 3.05) is 18.4 Å². The van der Waals surface area contributed by atoms with Crippen LogP contribution in [0.3, 0.4) is 0 Å². The fourth-order valence-corrected chi connectivity index (χ4v) is 4.13. The van der Waals surface area contributed by atoms with Crippen molar-refractivity contribution in [2.24, 2.45) is 5.41 Å². The second-order valence-electron chi connectivity index (χ2n) is 7.27. The van der Waals surface area contributed by atoms with Gasteiger partial charge in [-0.15, -0.1) is 0 Å². The van der Waals surface area contributed by atoms with E-state index in [9.17, 15) is 9.59 Å². The number of benzene rings is 1. The van der Waals surface area contributed by atoms with Gasteiger partial charge in [0.2, 0.25) is 0 Å². The first kappa shape index (κ1) is 16.6. The summed E-state index contributed by atoms with van der Waals surface area (Å²) in [4.78, 5) is 29.4. The molecule has 134 valence electrons. The molecule has 0 unspecified atom stereocenters. The van der Waals surface area contributed by atoms with Crippen molar-refractivity contribution in [3.63, 3.8) is 0 Å². The number of hydrogen-bond acceptors (Lipinski definition) is 3. The number of carboxylic acid groups (broad SMARTS) is 1. The molecule has 2 aromatic rings. The number of likely N-dealkylation sites (tertiary alicyclic amines) is 1. The Labute approximate surface area is 151 Å². The van der Waals surface area contributed by atoms with Crippen molar-refractivity contribution in [2.45, 2.75) is 25.7 Å². The zero-order valence-corrected chi connectivity index (χ0v) is 14.4. The van der Waals surface area contributed by atoms with Crippen LogP contribution in [0.1, 0.15) is 34.3 Å². The van der Waals surface area contributed by atoms with Crippen molar-refractivity contribution >= 4 is 17.8 Å². The van der Waals surface area contributed by atoms with Gasteiger partial charge in [0.05, 0.1) is 5.56 Å². The minimum Gasteiger partial charge on any atom is -0.478 e. The number of carboxylic acids is 1. The molecule has 1 fully saturated rings. The highest BCUT2D eigenvalue weighted by Gasteiger charge is 2.40. The number of carbonyl (C=O) groups excluding carboxylic acids is 1. The van der Waals surface area contributed by atoms with E-state index in [2.05, 4.69) is 34.6 Å². The normalized spacial score (nSPS) is 17.8. The van der Waals surface area contributed by atoms with E-state index in [4.69, 9.17) is 5.11 Å². The summed E-state index contributed by atoms with van der Waals surface area (Å²) >= 11 is 0. The van der Waals surface area contributed by atoms with Crippen molar-refractivity contribution in [3.05, 3.63) is 59.3 Å². The van der Waals surface area contributed by atoms with E-state index in [1.165, 1.54) is 29.5 Å². The zero-order valence-electron chi connectivity index (χ0n) is 14.4. The SMILES string of the molecule is O=C(O)c1ccnc(NC(=O)N2CCC3(CC2)Cc2ccccc2C3)c1. The molecule has 0 bridgehead atoms. The van der Waals surface area contributed by atoms with Crippen LogP contribution >= 0.6 is 0 Å². The second kappa shape index (κ2) is 6.44. The Morgan fingerprint density at radius 2 is 1.73 bits per heavy atom. The van der Waals surface area contributed by atoms with Crippen LogP contribution in [0.2, 0.25) is 0 Å². The average molecular weight is 351 g/mol. The number of pyridine rings is 1. The molecule has 0 saturated carbocycles. The van der Waals surface area contributed by atoms with Gasteiger partial charge < -0.3 is 10.0 Å². The van der Waals surface area contributed by atoms with Crippen LogP contribution in [0, 0.1) is 5.41 Å². The molecule has 0 radical (unpaired) electrons. The molecule has 4 rings (SSSR count). The molecule has 2 aliphatic rings. The molecule has 2 amide bonds. The Bertz CT molecular complexity index is 830. The highest BCUT2D eigenvalue weighted by molar-refractivity contribution is 5.92. The molecule has 2 N–H and O–H groups in total. The Morgan fingerprint density at radius 3 is 2.35 bits per heavy atom. The summed E-state index contributed by atoms with van der Waals surface area (Å²) in [7, 11) is 0. The molecule has 1 aliphatic heterocycles. The van der Waals surface area contributed by atoms with Gasteiger partial charge in [0, 0.05) is 19.3 Å². The molecule has 1 saturated heterocycles. The van der Waals surface area contributed by atoms with Crippen LogP contribution in [-0.2, 0) is 12.8 Å². The predicted molar refractivity (Wildman–Crippen MR) is 97.3 cm³/mol. The number of rotatable bonds is 2. The summed E-state index contributed by atoms with van der Waals surface area (Å²) in [5, 5.41) is 11.7. The summed E-state index contributed by atoms with van der Waals surface area (Å²) in [5.41, 5.74) is 3.28. The number of aromatic carboxylic acids is 1. The van der Waals surface area contributed by atoms with Gasteiger partial charge in [0.15, 0.2) is 0 Å². The number of amides is 2. The molecular formula is C20H21N3O3. The molecule has 1 aromatic carbocycles. The van der Waals surface area contributed by atoms with Gasteiger partial charge >= 0.3 is 12.0 Å². The molecule has 6 heteroatoms. The van der Waals surface area contributed by atoms with Crippen LogP contribution in [0.4, 0.5) is 10.6 Å². The van der Waals surface area contributed by atoms with Crippen molar-refractivity contribution in [1.29, 1.82) is 0 Å². The number of urea groups is 1. The van der Waals surface area contributed by atoms with Crippen LogP contribution < -0.4 is 5.32 Å². The molecule has 1 spiro atoms. The van der Waals surface area contributed by atoms with Gasteiger partial charge in [-0.05, 0) is 54.4 Å². The Balaban J connectivity index is 1.37. The average Bonchev–Trinajstić information content (AvgIpc) is 3.00. The Hall–Kier alpha value is -2.89. The lowest BCUT2D eigenvalue weighted by Crippen LogP contribution is -2.45. The number of nitrogens with zero attached hydrogens (tertiary/aromatic N) is 2. The van der Waals surface area contributed by atoms with Gasteiger partial charge in [-0.25, -0.2) is 14.6 Å². The van der Waals surface area contributed by atoms with E-state index in [1.807, 2.05) is 0 Å². The zero-order chi connectivity index (χ0) is 18.1. The first-order chi connectivity index (χ1) is 12.5. The van der Waals surface area contributed by atoms with E-state index in [-0.39, 0.29) is 22.8 Å². The second-order valence-corrected chi connectivity index (χ2v) is 7.27. The Kier molecular flexibility index (Phi) is 4.11. The summed E-state index contributed by atoms with van der Waals surface area (Å²) in [6, 6.07) is 11.2. The highest BCUT2D eigenvalue weighted by atomic mass is 16.4. The topological polar surface area (TPSA) is 82.5 Å². The van der Waals surface area contributed by atoms with E-state index in [0.717, 1.165) is 25.7 Å². The quantitative estimate of drug-likeness (QED) is 0.870. The maximum absolute atomic E-state index is 12.5. The molecule has 2 heterocycles. The van der Waals surface area contributed by atoms with Gasteiger partial charge in [0.25, 0.3) is 0 Å². The van der Waals surface area contributed by atoms with Gasteiger partial charge in [-0.3, -0.25) is 5.32 Å². The summed E-state index contributed by atoms with van der Waals surface area (Å²) in [6.45, 7) is 1.41. The van der Waals surface area contributed by atoms with Gasteiger partial charge in [-0.1, -0.05) is 24.3 Å². The fraction of sp³-hybridized carbons (Fsp3) is 0.350. The van der Waals surface area contributed by atoms with E-state index in [0.29, 0.717) is 13.1 Å². The minimum absolute atomic E-state index is 0.108. The highest BCUT2D eigenvalue weighted by Crippen LogP contribution is 2.44. The largest absolute Gasteiger partial charge is 0.478 e. The molecule has 1 aliphatic carbocycles. The Morgan fingerprint density at radius 1 is 1.08 bits per heavy atom. The van der Waals surface area contributed by atoms with Gasteiger partial charge in [-0.2, -0.15) is 0 Å². The number of carbonyl (C=O) groups is 2. The van der Waals surface area contributed by atoms with Crippen molar-refractivity contribution in [3.8, 4) is 0 Å². The van der Waals surface area contributed by atoms with Crippen LogP contribution in [0.5, 0.6) is 0 Å². The van der Waals surface area contributed by atoms with Gasteiger partial charge in [0.1, 0.15) is 5.82 Å². The number of aromatic nitrogens is 1. The number of hydrogen-bond donors (Lipinski definition) is 2. The monoisotopic (exact) mass is 351 g/mol. The lowest BCUT2D eigenvalue weighted by Gasteiger charge is -2.39. The fourth-order valence-electron chi connectivity index (χ4n) is 4.13. The lowest BCUT2D eigenvalue weighted by atomic mass is 9.76. The van der Waals surface area contributed by atoms with Crippen LogP contribution in [0.25, 0.3) is 0 Å². The maximum atomic E-state index is 12.5. The van der Waals surface area contributed by atoms with Crippen molar-refractivity contribution in [1.82, 2.24) is 9.88 Å². The standard InChI is InChI=1S/C20H21N3O3/c24-18(25)14-5-8-21-17(11-14)22-19(26)23-9-6-20(7-10-23)12-15-3-1-2-4-16(15)13-20/h1-5,8,11H,6-7,9-10,12-13H2,(H,24,25)(H,21,22,26). The van der Waals surface area contributed by atoms with Crippen LogP contribution in [-0.4, -0.2) is 40.1 Å². The number of nitrogens with one attached hydrogen (secondary N) is 1. The maximum Gasteiger partial charge on any atom is 0.335 e. The summed E-state index contributed by atoms with van der Waals surface area (Å²) < 4.78 is 0. The number of anilines is 1. The van der Waals surface area contributed by atoms with E-state index < -0.39 is 5.97 Å². The molecule has 1 aromatic heterocycles. The summed E-state index contributed by atoms with van der Waals surface area (Å²) in [6.07, 6.45) is 5.55. The molecule has 26 heavy (non-hydrogen) atoms. The number of fused-ring (bicyclic) bond motifs is 1.